The van der Waals surface area contributed by atoms with E-state index in [1.807, 2.05) is 4.90 Å². The Morgan fingerprint density at radius 1 is 1.22 bits per heavy atom. The minimum atomic E-state index is -0.285. The zero-order valence-corrected chi connectivity index (χ0v) is 15.3. The molecule has 9 heteroatoms. The fourth-order valence-corrected chi connectivity index (χ4v) is 2.80. The van der Waals surface area contributed by atoms with Crippen molar-refractivity contribution in [2.75, 3.05) is 49.5 Å². The molecule has 1 fully saturated rings. The van der Waals surface area contributed by atoms with Gasteiger partial charge in [-0.15, -0.1) is 5.10 Å². The number of carbonyl (C=O) groups is 1. The molecule has 0 spiro atoms. The normalized spacial score (nSPS) is 14.1. The van der Waals surface area contributed by atoms with E-state index in [0.29, 0.717) is 51.1 Å². The molecule has 1 saturated heterocycles. The Hall–Kier alpha value is -2.97. The van der Waals surface area contributed by atoms with Crippen molar-refractivity contribution in [3.8, 4) is 0 Å². The molecule has 144 valence electrons. The summed E-state index contributed by atoms with van der Waals surface area (Å²) in [7, 11) is 0. The van der Waals surface area contributed by atoms with E-state index in [1.165, 1.54) is 12.1 Å². The quantitative estimate of drug-likeness (QED) is 0.827. The number of hydrogen-bond acceptors (Lipinski definition) is 7. The van der Waals surface area contributed by atoms with Gasteiger partial charge in [0.25, 0.3) is 0 Å². The first-order valence-electron chi connectivity index (χ1n) is 9.00. The molecule has 1 aliphatic heterocycles. The molecular formula is C18H23FN6O2. The summed E-state index contributed by atoms with van der Waals surface area (Å²) in [5.41, 5.74) is 1.04. The van der Waals surface area contributed by atoms with Crippen molar-refractivity contribution in [2.45, 2.75) is 13.3 Å². The number of nitrogens with one attached hydrogen (secondary N) is 1. The predicted octanol–water partition coefficient (Wildman–Crippen LogP) is 1.94. The highest BCUT2D eigenvalue weighted by Crippen LogP contribution is 2.13. The van der Waals surface area contributed by atoms with E-state index in [1.54, 1.807) is 30.2 Å². The standard InChI is InChI=1S/C18H23FN6O2/c1-2-27-18(26)25-11-9-24(10-12-25)17-22-16(13-21-23-17)20-8-7-14-3-5-15(19)6-4-14/h3-6,13H,2,7-12H2,1H3,(H,20,22,23). The van der Waals surface area contributed by atoms with E-state index < -0.39 is 0 Å². The summed E-state index contributed by atoms with van der Waals surface area (Å²) in [5.74, 6) is 0.930. The topological polar surface area (TPSA) is 83.5 Å². The van der Waals surface area contributed by atoms with Crippen LogP contribution in [-0.4, -0.2) is 65.5 Å². The monoisotopic (exact) mass is 374 g/mol. The van der Waals surface area contributed by atoms with Gasteiger partial charge in [-0.1, -0.05) is 12.1 Å². The first-order chi connectivity index (χ1) is 13.2. The molecule has 1 aromatic carbocycles. The zero-order valence-electron chi connectivity index (χ0n) is 15.3. The molecule has 0 bridgehead atoms. The third-order valence-corrected chi connectivity index (χ3v) is 4.27. The number of rotatable bonds is 6. The molecule has 0 aliphatic carbocycles. The average Bonchev–Trinajstić information content (AvgIpc) is 2.70. The van der Waals surface area contributed by atoms with Crippen LogP contribution < -0.4 is 10.2 Å². The minimum Gasteiger partial charge on any atom is -0.450 e. The molecule has 2 heterocycles. The molecule has 0 atom stereocenters. The van der Waals surface area contributed by atoms with Gasteiger partial charge in [-0.3, -0.25) is 0 Å². The smallest absolute Gasteiger partial charge is 0.409 e. The molecule has 3 rings (SSSR count). The van der Waals surface area contributed by atoms with Gasteiger partial charge in [0.2, 0.25) is 5.95 Å². The van der Waals surface area contributed by atoms with Crippen LogP contribution in [0.2, 0.25) is 0 Å². The Labute approximate surface area is 157 Å². The van der Waals surface area contributed by atoms with Gasteiger partial charge in [0.1, 0.15) is 5.82 Å². The molecule has 8 nitrogen and oxygen atoms in total. The third-order valence-electron chi connectivity index (χ3n) is 4.27. The largest absolute Gasteiger partial charge is 0.450 e. The molecule has 1 aliphatic rings. The van der Waals surface area contributed by atoms with Crippen LogP contribution >= 0.6 is 0 Å². The van der Waals surface area contributed by atoms with Crippen LogP contribution in [0.3, 0.4) is 0 Å². The average molecular weight is 374 g/mol. The van der Waals surface area contributed by atoms with Gasteiger partial charge in [-0.25, -0.2) is 9.18 Å². The summed E-state index contributed by atoms with van der Waals surface area (Å²) >= 11 is 0. The lowest BCUT2D eigenvalue weighted by Crippen LogP contribution is -2.49. The van der Waals surface area contributed by atoms with E-state index in [2.05, 4.69) is 20.5 Å². The molecular weight excluding hydrogens is 351 g/mol. The fourth-order valence-electron chi connectivity index (χ4n) is 2.80. The van der Waals surface area contributed by atoms with Crippen molar-refractivity contribution >= 4 is 17.9 Å². The van der Waals surface area contributed by atoms with Crippen LogP contribution in [0.5, 0.6) is 0 Å². The molecule has 1 amide bonds. The maximum atomic E-state index is 12.9. The SMILES string of the molecule is CCOC(=O)N1CCN(c2nncc(NCCc3ccc(F)cc3)n2)CC1. The maximum Gasteiger partial charge on any atom is 0.409 e. The number of anilines is 2. The number of ether oxygens (including phenoxy) is 1. The van der Waals surface area contributed by atoms with Crippen molar-refractivity contribution in [1.82, 2.24) is 20.1 Å². The van der Waals surface area contributed by atoms with E-state index in [-0.39, 0.29) is 11.9 Å². The van der Waals surface area contributed by atoms with Crippen molar-refractivity contribution in [3.05, 3.63) is 41.8 Å². The second-order valence-corrected chi connectivity index (χ2v) is 6.12. The van der Waals surface area contributed by atoms with Gasteiger partial charge >= 0.3 is 6.09 Å². The first-order valence-corrected chi connectivity index (χ1v) is 9.00. The van der Waals surface area contributed by atoms with Gasteiger partial charge in [0, 0.05) is 32.7 Å². The molecule has 0 saturated carbocycles. The molecule has 2 aromatic rings. The van der Waals surface area contributed by atoms with Gasteiger partial charge in [-0.05, 0) is 31.0 Å². The van der Waals surface area contributed by atoms with Crippen LogP contribution in [0.4, 0.5) is 21.0 Å². The number of halogens is 1. The Bertz CT molecular complexity index is 750. The Kier molecular flexibility index (Phi) is 6.35. The lowest BCUT2D eigenvalue weighted by Gasteiger charge is -2.33. The summed E-state index contributed by atoms with van der Waals surface area (Å²) in [6.07, 6.45) is 2.04. The van der Waals surface area contributed by atoms with Gasteiger partial charge in [0.15, 0.2) is 5.82 Å². The summed E-state index contributed by atoms with van der Waals surface area (Å²) in [5, 5.41) is 11.3. The molecule has 27 heavy (non-hydrogen) atoms. The number of carbonyl (C=O) groups excluding carboxylic acids is 1. The van der Waals surface area contributed by atoms with Crippen LogP contribution in [-0.2, 0) is 11.2 Å². The molecule has 1 aromatic heterocycles. The highest BCUT2D eigenvalue weighted by molar-refractivity contribution is 5.68. The lowest BCUT2D eigenvalue weighted by atomic mass is 10.1. The second kappa shape index (κ2) is 9.11. The van der Waals surface area contributed by atoms with E-state index in [9.17, 15) is 9.18 Å². The van der Waals surface area contributed by atoms with Gasteiger partial charge in [-0.2, -0.15) is 10.1 Å². The third kappa shape index (κ3) is 5.25. The molecule has 0 radical (unpaired) electrons. The van der Waals surface area contributed by atoms with Crippen molar-refractivity contribution < 1.29 is 13.9 Å². The summed E-state index contributed by atoms with van der Waals surface area (Å²) < 4.78 is 18.0. The van der Waals surface area contributed by atoms with Crippen LogP contribution in [0, 0.1) is 5.82 Å². The number of piperazine rings is 1. The summed E-state index contributed by atoms with van der Waals surface area (Å²) in [4.78, 5) is 19.9. The number of benzene rings is 1. The fraction of sp³-hybridized carbons (Fsp3) is 0.444. The Morgan fingerprint density at radius 2 is 1.96 bits per heavy atom. The van der Waals surface area contributed by atoms with E-state index in [4.69, 9.17) is 4.74 Å². The van der Waals surface area contributed by atoms with Crippen molar-refractivity contribution in [1.29, 1.82) is 0 Å². The van der Waals surface area contributed by atoms with Crippen molar-refractivity contribution in [2.24, 2.45) is 0 Å². The maximum absolute atomic E-state index is 12.9. The number of amides is 1. The summed E-state index contributed by atoms with van der Waals surface area (Å²) in [6.45, 7) is 5.19. The van der Waals surface area contributed by atoms with Crippen molar-refractivity contribution in [3.63, 3.8) is 0 Å². The van der Waals surface area contributed by atoms with Crippen LogP contribution in [0.25, 0.3) is 0 Å². The number of aromatic nitrogens is 3. The second-order valence-electron chi connectivity index (χ2n) is 6.12. The molecule has 0 unspecified atom stereocenters. The Balaban J connectivity index is 1.50. The lowest BCUT2D eigenvalue weighted by molar-refractivity contribution is 0.105. The van der Waals surface area contributed by atoms with Crippen LogP contribution in [0.15, 0.2) is 30.5 Å². The molecule has 1 N–H and O–H groups in total. The van der Waals surface area contributed by atoms with E-state index >= 15 is 0 Å². The number of nitrogens with zero attached hydrogens (tertiary/aromatic N) is 5. The highest BCUT2D eigenvalue weighted by Gasteiger charge is 2.23. The highest BCUT2D eigenvalue weighted by atomic mass is 19.1. The summed E-state index contributed by atoms with van der Waals surface area (Å²) in [6, 6.07) is 6.44. The Morgan fingerprint density at radius 3 is 2.67 bits per heavy atom. The van der Waals surface area contributed by atoms with Crippen LogP contribution in [0.1, 0.15) is 12.5 Å². The number of hydrogen-bond donors (Lipinski definition) is 1. The predicted molar refractivity (Wildman–Crippen MR) is 99.2 cm³/mol. The van der Waals surface area contributed by atoms with E-state index in [0.717, 1.165) is 12.0 Å². The zero-order chi connectivity index (χ0) is 19.1. The van der Waals surface area contributed by atoms with Gasteiger partial charge < -0.3 is 19.9 Å². The minimum absolute atomic E-state index is 0.237. The van der Waals surface area contributed by atoms with Gasteiger partial charge in [0.05, 0.1) is 12.8 Å². The first kappa shape index (κ1) is 18.8.